The number of non-ortho nitro benzene ring substituents is 1. The van der Waals surface area contributed by atoms with E-state index < -0.39 is 4.92 Å². The highest BCUT2D eigenvalue weighted by molar-refractivity contribution is 8.00. The molecule has 0 bridgehead atoms. The Morgan fingerprint density at radius 2 is 2.00 bits per heavy atom. The molecule has 6 nitrogen and oxygen atoms in total. The largest absolute Gasteiger partial charge is 0.351 e. The lowest BCUT2D eigenvalue weighted by molar-refractivity contribution is -0.384. The van der Waals surface area contributed by atoms with Crippen molar-refractivity contribution in [3.8, 4) is 0 Å². The van der Waals surface area contributed by atoms with Crippen molar-refractivity contribution in [2.75, 3.05) is 18.8 Å². The molecule has 2 rings (SSSR count). The van der Waals surface area contributed by atoms with E-state index in [4.69, 9.17) is 0 Å². The minimum absolute atomic E-state index is 0.0110. The number of hydrogen-bond acceptors (Lipinski definition) is 5. The Labute approximate surface area is 127 Å². The Kier molecular flexibility index (Phi) is 6.01. The van der Waals surface area contributed by atoms with Crippen LogP contribution in [0.4, 0.5) is 5.69 Å². The fraction of sp³-hybridized carbons (Fsp3) is 0.500. The van der Waals surface area contributed by atoms with E-state index in [-0.39, 0.29) is 11.6 Å². The number of thioether (sulfide) groups is 1. The molecule has 1 fully saturated rings. The highest BCUT2D eigenvalue weighted by Crippen LogP contribution is 2.19. The van der Waals surface area contributed by atoms with Crippen LogP contribution in [0.15, 0.2) is 24.3 Å². The summed E-state index contributed by atoms with van der Waals surface area (Å²) >= 11 is 1.71. The number of rotatable bonds is 6. The van der Waals surface area contributed by atoms with Crippen LogP contribution in [-0.2, 0) is 11.3 Å². The van der Waals surface area contributed by atoms with Crippen LogP contribution >= 0.6 is 11.8 Å². The van der Waals surface area contributed by atoms with Gasteiger partial charge in [-0.15, -0.1) is 11.8 Å². The van der Waals surface area contributed by atoms with Crippen LogP contribution in [0.5, 0.6) is 0 Å². The zero-order valence-corrected chi connectivity index (χ0v) is 12.5. The van der Waals surface area contributed by atoms with E-state index in [1.807, 2.05) is 0 Å². The van der Waals surface area contributed by atoms with Gasteiger partial charge in [-0.1, -0.05) is 12.1 Å². The van der Waals surface area contributed by atoms with Gasteiger partial charge in [0.1, 0.15) is 0 Å². The topological polar surface area (TPSA) is 84.3 Å². The highest BCUT2D eigenvalue weighted by atomic mass is 32.2. The van der Waals surface area contributed by atoms with Crippen LogP contribution in [0.2, 0.25) is 0 Å². The first-order chi connectivity index (χ1) is 10.1. The van der Waals surface area contributed by atoms with Crippen LogP contribution in [-0.4, -0.2) is 34.9 Å². The molecule has 0 spiro atoms. The molecule has 0 aromatic heterocycles. The van der Waals surface area contributed by atoms with E-state index >= 15 is 0 Å². The van der Waals surface area contributed by atoms with Gasteiger partial charge in [-0.3, -0.25) is 14.9 Å². The molecular weight excluding hydrogens is 290 g/mol. The maximum atomic E-state index is 11.8. The second-order valence-corrected chi connectivity index (χ2v) is 6.25. The summed E-state index contributed by atoms with van der Waals surface area (Å²) in [7, 11) is 0. The number of amides is 1. The molecule has 0 aliphatic carbocycles. The molecule has 114 valence electrons. The number of piperidine rings is 1. The third kappa shape index (κ3) is 5.35. The van der Waals surface area contributed by atoms with Crippen molar-refractivity contribution in [1.29, 1.82) is 0 Å². The zero-order chi connectivity index (χ0) is 15.1. The third-order valence-corrected chi connectivity index (χ3v) is 4.74. The van der Waals surface area contributed by atoms with Crippen LogP contribution in [0.25, 0.3) is 0 Å². The Morgan fingerprint density at radius 3 is 2.62 bits per heavy atom. The molecule has 0 unspecified atom stereocenters. The van der Waals surface area contributed by atoms with E-state index in [0.29, 0.717) is 17.5 Å². The lowest BCUT2D eigenvalue weighted by Crippen LogP contribution is -2.31. The molecule has 7 heteroatoms. The normalized spacial score (nSPS) is 15.6. The van der Waals surface area contributed by atoms with Crippen LogP contribution in [0, 0.1) is 10.1 Å². The predicted molar refractivity (Wildman–Crippen MR) is 83.3 cm³/mol. The first-order valence-corrected chi connectivity index (χ1v) is 8.02. The second kappa shape index (κ2) is 7.99. The van der Waals surface area contributed by atoms with Crippen LogP contribution in [0.1, 0.15) is 18.4 Å². The first kappa shape index (κ1) is 15.8. The fourth-order valence-electron chi connectivity index (χ4n) is 2.14. The number of nitro groups is 1. The summed E-state index contributed by atoms with van der Waals surface area (Å²) in [6.45, 7) is 2.47. The van der Waals surface area contributed by atoms with Gasteiger partial charge in [-0.2, -0.15) is 0 Å². The molecule has 1 aromatic carbocycles. The van der Waals surface area contributed by atoms with Gasteiger partial charge in [0.25, 0.3) is 5.69 Å². The minimum Gasteiger partial charge on any atom is -0.351 e. The summed E-state index contributed by atoms with van der Waals surface area (Å²) in [4.78, 5) is 21.9. The van der Waals surface area contributed by atoms with Gasteiger partial charge < -0.3 is 10.6 Å². The molecule has 2 N–H and O–H groups in total. The number of hydrogen-bond donors (Lipinski definition) is 2. The van der Waals surface area contributed by atoms with Crippen LogP contribution in [0.3, 0.4) is 0 Å². The van der Waals surface area contributed by atoms with E-state index in [1.165, 1.54) is 12.1 Å². The summed E-state index contributed by atoms with van der Waals surface area (Å²) in [5, 5.41) is 17.3. The standard InChI is InChI=1S/C14H19N3O3S/c18-14(10-21-13-5-7-15-8-6-13)16-9-11-1-3-12(4-2-11)17(19)20/h1-4,13,15H,5-10H2,(H,16,18). The van der Waals surface area contributed by atoms with E-state index in [9.17, 15) is 14.9 Å². The fourth-order valence-corrected chi connectivity index (χ4v) is 3.20. The zero-order valence-electron chi connectivity index (χ0n) is 11.7. The van der Waals surface area contributed by atoms with Gasteiger partial charge in [-0.25, -0.2) is 0 Å². The number of nitro benzene ring substituents is 1. The van der Waals surface area contributed by atoms with Gasteiger partial charge in [0.15, 0.2) is 0 Å². The Balaban J connectivity index is 1.69. The average molecular weight is 309 g/mol. The van der Waals surface area contributed by atoms with E-state index in [0.717, 1.165) is 31.5 Å². The number of carbonyl (C=O) groups excluding carboxylic acids is 1. The number of nitrogens with one attached hydrogen (secondary N) is 2. The van der Waals surface area contributed by atoms with Crippen LogP contribution < -0.4 is 10.6 Å². The van der Waals surface area contributed by atoms with Crippen molar-refractivity contribution in [3.63, 3.8) is 0 Å². The third-order valence-electron chi connectivity index (χ3n) is 3.37. The smallest absolute Gasteiger partial charge is 0.269 e. The first-order valence-electron chi connectivity index (χ1n) is 6.97. The summed E-state index contributed by atoms with van der Waals surface area (Å²) in [5.74, 6) is 0.481. The number of carbonyl (C=O) groups is 1. The maximum absolute atomic E-state index is 11.8. The average Bonchev–Trinajstić information content (AvgIpc) is 2.52. The summed E-state index contributed by atoms with van der Waals surface area (Å²) in [5.41, 5.74) is 0.923. The molecule has 1 saturated heterocycles. The molecule has 0 atom stereocenters. The second-order valence-electron chi connectivity index (χ2n) is 4.96. The van der Waals surface area contributed by atoms with E-state index in [2.05, 4.69) is 10.6 Å². The summed E-state index contributed by atoms with van der Waals surface area (Å²) in [6, 6.07) is 6.23. The molecule has 21 heavy (non-hydrogen) atoms. The van der Waals surface area contributed by atoms with Crippen molar-refractivity contribution in [3.05, 3.63) is 39.9 Å². The van der Waals surface area contributed by atoms with Crippen molar-refractivity contribution in [2.24, 2.45) is 0 Å². The monoisotopic (exact) mass is 309 g/mol. The quantitative estimate of drug-likeness (QED) is 0.617. The molecule has 1 aliphatic rings. The molecule has 0 radical (unpaired) electrons. The lowest BCUT2D eigenvalue weighted by Gasteiger charge is -2.21. The molecule has 0 saturated carbocycles. The van der Waals surface area contributed by atoms with Gasteiger partial charge in [0.05, 0.1) is 10.7 Å². The Morgan fingerprint density at radius 1 is 1.33 bits per heavy atom. The van der Waals surface area contributed by atoms with Crippen molar-refractivity contribution < 1.29 is 9.72 Å². The Hall–Kier alpha value is -1.60. The summed E-state index contributed by atoms with van der Waals surface area (Å²) < 4.78 is 0. The Bertz CT molecular complexity index is 487. The van der Waals surface area contributed by atoms with Gasteiger partial charge in [0.2, 0.25) is 5.91 Å². The van der Waals surface area contributed by atoms with Gasteiger partial charge >= 0.3 is 0 Å². The molecule has 1 heterocycles. The highest BCUT2D eigenvalue weighted by Gasteiger charge is 2.14. The van der Waals surface area contributed by atoms with Gasteiger partial charge in [0, 0.05) is 23.9 Å². The SMILES string of the molecule is O=C(CSC1CCNCC1)NCc1ccc([N+](=O)[O-])cc1. The lowest BCUT2D eigenvalue weighted by atomic mass is 10.2. The predicted octanol–water partition coefficient (Wildman–Crippen LogP) is 1.70. The number of nitrogens with zero attached hydrogens (tertiary/aromatic N) is 1. The maximum Gasteiger partial charge on any atom is 0.269 e. The molecule has 1 aromatic rings. The van der Waals surface area contributed by atoms with Crippen molar-refractivity contribution in [2.45, 2.75) is 24.6 Å². The number of benzene rings is 1. The van der Waals surface area contributed by atoms with Crippen molar-refractivity contribution in [1.82, 2.24) is 10.6 Å². The van der Waals surface area contributed by atoms with E-state index in [1.54, 1.807) is 23.9 Å². The molecule has 1 aliphatic heterocycles. The minimum atomic E-state index is -0.433. The molecular formula is C14H19N3O3S. The van der Waals surface area contributed by atoms with Crippen molar-refractivity contribution >= 4 is 23.4 Å². The van der Waals surface area contributed by atoms with Gasteiger partial charge in [-0.05, 0) is 31.5 Å². The summed E-state index contributed by atoms with van der Waals surface area (Å²) in [6.07, 6.45) is 2.22. The molecule has 1 amide bonds.